The summed E-state index contributed by atoms with van der Waals surface area (Å²) in [5.41, 5.74) is 0.978. The van der Waals surface area contributed by atoms with Gasteiger partial charge in [-0.3, -0.25) is 0 Å². The maximum Gasteiger partial charge on any atom is 0.119 e. The first-order valence-corrected chi connectivity index (χ1v) is 5.25. The largest absolute Gasteiger partial charge is 0.508 e. The second kappa shape index (κ2) is 4.77. The maximum absolute atomic E-state index is 9.46. The Morgan fingerprint density at radius 1 is 1.42 bits per heavy atom. The van der Waals surface area contributed by atoms with Crippen molar-refractivity contribution in [2.45, 2.75) is 12.8 Å². The molecule has 0 amide bonds. The Labute approximate surface area is 86.3 Å². The predicted molar refractivity (Wildman–Crippen MR) is 58.0 cm³/mol. The van der Waals surface area contributed by atoms with Crippen LogP contribution < -0.4 is 0 Å². The number of phenols is 1. The highest BCUT2D eigenvalue weighted by molar-refractivity contribution is 9.10. The van der Waals surface area contributed by atoms with Gasteiger partial charge in [0.1, 0.15) is 5.75 Å². The molecule has 0 unspecified atom stereocenters. The van der Waals surface area contributed by atoms with E-state index in [1.165, 1.54) is 0 Å². The molecule has 0 atom stereocenters. The van der Waals surface area contributed by atoms with Crippen molar-refractivity contribution in [3.63, 3.8) is 0 Å². The third-order valence-electron chi connectivity index (χ3n) is 1.68. The first kappa shape index (κ1) is 9.93. The third kappa shape index (κ3) is 2.42. The van der Waals surface area contributed by atoms with Crippen LogP contribution in [0.4, 0.5) is 0 Å². The maximum atomic E-state index is 9.46. The SMILES string of the molecule is Oc1cccc(Br)c1CCCS. The van der Waals surface area contributed by atoms with Crippen molar-refractivity contribution in [1.29, 1.82) is 0 Å². The summed E-state index contributed by atoms with van der Waals surface area (Å²) in [4.78, 5) is 0. The summed E-state index contributed by atoms with van der Waals surface area (Å²) in [6.45, 7) is 0. The molecule has 0 aromatic heterocycles. The van der Waals surface area contributed by atoms with E-state index in [2.05, 4.69) is 28.6 Å². The molecule has 0 saturated carbocycles. The molecule has 0 heterocycles. The fourth-order valence-corrected chi connectivity index (χ4v) is 1.76. The van der Waals surface area contributed by atoms with Crippen LogP contribution in [0.3, 0.4) is 0 Å². The minimum atomic E-state index is 0.367. The highest BCUT2D eigenvalue weighted by Crippen LogP contribution is 2.26. The van der Waals surface area contributed by atoms with Crippen LogP contribution in [-0.2, 0) is 6.42 Å². The van der Waals surface area contributed by atoms with Crippen LogP contribution in [-0.4, -0.2) is 10.9 Å². The Hall–Kier alpha value is -0.150. The van der Waals surface area contributed by atoms with Gasteiger partial charge in [0.05, 0.1) is 0 Å². The van der Waals surface area contributed by atoms with E-state index in [9.17, 15) is 5.11 Å². The predicted octanol–water partition coefficient (Wildman–Crippen LogP) is 3.02. The normalized spacial score (nSPS) is 10.2. The zero-order valence-electron chi connectivity index (χ0n) is 6.63. The molecule has 0 radical (unpaired) electrons. The molecule has 0 bridgehead atoms. The standard InChI is InChI=1S/C9H11BrOS/c10-8-4-1-5-9(11)7(8)3-2-6-12/h1,4-5,11-12H,2-3,6H2. The van der Waals surface area contributed by atoms with E-state index < -0.39 is 0 Å². The quantitative estimate of drug-likeness (QED) is 0.786. The molecule has 0 fully saturated rings. The molecular weight excluding hydrogens is 236 g/mol. The van der Waals surface area contributed by atoms with E-state index in [0.29, 0.717) is 5.75 Å². The third-order valence-corrected chi connectivity index (χ3v) is 2.74. The van der Waals surface area contributed by atoms with Crippen LogP contribution in [0.1, 0.15) is 12.0 Å². The van der Waals surface area contributed by atoms with E-state index in [0.717, 1.165) is 28.6 Å². The smallest absolute Gasteiger partial charge is 0.119 e. The molecule has 0 saturated heterocycles. The molecule has 0 aliphatic rings. The first-order valence-electron chi connectivity index (χ1n) is 3.83. The molecule has 1 aromatic rings. The van der Waals surface area contributed by atoms with Crippen molar-refractivity contribution in [2.24, 2.45) is 0 Å². The molecule has 66 valence electrons. The number of thiol groups is 1. The molecule has 1 aromatic carbocycles. The van der Waals surface area contributed by atoms with Gasteiger partial charge in [-0.05, 0) is 30.7 Å². The molecule has 1 N–H and O–H groups in total. The van der Waals surface area contributed by atoms with Crippen molar-refractivity contribution in [1.82, 2.24) is 0 Å². The summed E-state index contributed by atoms with van der Waals surface area (Å²) in [6, 6.07) is 5.47. The van der Waals surface area contributed by atoms with Crippen molar-refractivity contribution in [3.05, 3.63) is 28.2 Å². The van der Waals surface area contributed by atoms with Crippen LogP contribution in [0, 0.1) is 0 Å². The van der Waals surface area contributed by atoms with Gasteiger partial charge < -0.3 is 5.11 Å². The van der Waals surface area contributed by atoms with Crippen LogP contribution in [0.5, 0.6) is 5.75 Å². The van der Waals surface area contributed by atoms with Crippen molar-refractivity contribution in [2.75, 3.05) is 5.75 Å². The average Bonchev–Trinajstić information content (AvgIpc) is 2.04. The summed E-state index contributed by atoms with van der Waals surface area (Å²) in [7, 11) is 0. The van der Waals surface area contributed by atoms with Gasteiger partial charge in [0, 0.05) is 10.0 Å². The van der Waals surface area contributed by atoms with Crippen molar-refractivity contribution >= 4 is 28.6 Å². The lowest BCUT2D eigenvalue weighted by Crippen LogP contribution is -1.88. The number of hydrogen-bond donors (Lipinski definition) is 2. The summed E-state index contributed by atoms with van der Waals surface area (Å²) in [5.74, 6) is 1.21. The van der Waals surface area contributed by atoms with Crippen molar-refractivity contribution < 1.29 is 5.11 Å². The van der Waals surface area contributed by atoms with Crippen LogP contribution in [0.2, 0.25) is 0 Å². The summed E-state index contributed by atoms with van der Waals surface area (Å²) in [5, 5.41) is 9.46. The Morgan fingerprint density at radius 3 is 2.75 bits per heavy atom. The number of phenolic OH excluding ortho intramolecular Hbond substituents is 1. The number of halogens is 1. The minimum absolute atomic E-state index is 0.367. The fourth-order valence-electron chi connectivity index (χ4n) is 1.05. The van der Waals surface area contributed by atoms with Gasteiger partial charge in [0.2, 0.25) is 0 Å². The van der Waals surface area contributed by atoms with Gasteiger partial charge in [-0.15, -0.1) is 0 Å². The molecule has 12 heavy (non-hydrogen) atoms. The molecule has 0 spiro atoms. The fraction of sp³-hybridized carbons (Fsp3) is 0.333. The van der Waals surface area contributed by atoms with Crippen molar-refractivity contribution in [3.8, 4) is 5.75 Å². The topological polar surface area (TPSA) is 20.2 Å². The molecule has 0 aliphatic carbocycles. The lowest BCUT2D eigenvalue weighted by molar-refractivity contribution is 0.467. The second-order valence-electron chi connectivity index (χ2n) is 2.56. The van der Waals surface area contributed by atoms with E-state index in [-0.39, 0.29) is 0 Å². The number of rotatable bonds is 3. The van der Waals surface area contributed by atoms with Gasteiger partial charge in [-0.1, -0.05) is 22.0 Å². The lowest BCUT2D eigenvalue weighted by Gasteiger charge is -2.05. The zero-order valence-corrected chi connectivity index (χ0v) is 9.11. The molecular formula is C9H11BrOS. The number of hydrogen-bond acceptors (Lipinski definition) is 2. The van der Waals surface area contributed by atoms with Gasteiger partial charge in [-0.25, -0.2) is 0 Å². The van der Waals surface area contributed by atoms with Crippen LogP contribution in [0.25, 0.3) is 0 Å². The highest BCUT2D eigenvalue weighted by Gasteiger charge is 2.03. The average molecular weight is 247 g/mol. The first-order chi connectivity index (χ1) is 5.75. The molecule has 0 aliphatic heterocycles. The Morgan fingerprint density at radius 2 is 2.17 bits per heavy atom. The van der Waals surface area contributed by atoms with Crippen LogP contribution >= 0.6 is 28.6 Å². The highest BCUT2D eigenvalue weighted by atomic mass is 79.9. The zero-order chi connectivity index (χ0) is 8.97. The Kier molecular flexibility index (Phi) is 3.95. The monoisotopic (exact) mass is 246 g/mol. The van der Waals surface area contributed by atoms with E-state index in [4.69, 9.17) is 0 Å². The van der Waals surface area contributed by atoms with Gasteiger partial charge in [0.15, 0.2) is 0 Å². The van der Waals surface area contributed by atoms with E-state index in [1.807, 2.05) is 12.1 Å². The van der Waals surface area contributed by atoms with E-state index in [1.54, 1.807) is 6.07 Å². The minimum Gasteiger partial charge on any atom is -0.508 e. The second-order valence-corrected chi connectivity index (χ2v) is 3.87. The number of benzene rings is 1. The molecule has 1 nitrogen and oxygen atoms in total. The lowest BCUT2D eigenvalue weighted by atomic mass is 10.1. The molecule has 3 heteroatoms. The van der Waals surface area contributed by atoms with Gasteiger partial charge in [0.25, 0.3) is 0 Å². The van der Waals surface area contributed by atoms with Gasteiger partial charge in [-0.2, -0.15) is 12.6 Å². The molecule has 1 rings (SSSR count). The van der Waals surface area contributed by atoms with Crippen LogP contribution in [0.15, 0.2) is 22.7 Å². The van der Waals surface area contributed by atoms with Gasteiger partial charge >= 0.3 is 0 Å². The Balaban J connectivity index is 2.81. The van der Waals surface area contributed by atoms with E-state index >= 15 is 0 Å². The summed E-state index contributed by atoms with van der Waals surface area (Å²) >= 11 is 7.51. The number of aromatic hydroxyl groups is 1. The summed E-state index contributed by atoms with van der Waals surface area (Å²) in [6.07, 6.45) is 1.86. The Bertz CT molecular complexity index is 242. The summed E-state index contributed by atoms with van der Waals surface area (Å²) < 4.78 is 0.976.